The molecule has 0 unspecified atom stereocenters. The molecule has 0 saturated carbocycles. The van der Waals surface area contributed by atoms with Crippen LogP contribution < -0.4 is 5.32 Å². The normalized spacial score (nSPS) is 10.2. The number of aryl methyl sites for hydroxylation is 2. The van der Waals surface area contributed by atoms with E-state index < -0.39 is 0 Å². The van der Waals surface area contributed by atoms with Gasteiger partial charge in [0.15, 0.2) is 0 Å². The van der Waals surface area contributed by atoms with Crippen molar-refractivity contribution in [3.8, 4) is 0 Å². The number of hydrogen-bond acceptors (Lipinski definition) is 2. The molecular formula is C13H19NO2. The molecule has 88 valence electrons. The minimum atomic E-state index is 0.0419. The van der Waals surface area contributed by atoms with Gasteiger partial charge in [-0.3, -0.25) is 4.79 Å². The van der Waals surface area contributed by atoms with Crippen LogP contribution in [0.4, 0.5) is 0 Å². The Balaban J connectivity index is 2.46. The molecule has 0 heterocycles. The molecule has 1 aromatic rings. The molecule has 1 aromatic carbocycles. The van der Waals surface area contributed by atoms with Gasteiger partial charge in [0.25, 0.3) is 0 Å². The second kappa shape index (κ2) is 6.28. The maximum atomic E-state index is 11.5. The molecule has 0 aliphatic heterocycles. The molecule has 0 bridgehead atoms. The topological polar surface area (TPSA) is 38.3 Å². The lowest BCUT2D eigenvalue weighted by Crippen LogP contribution is -2.28. The monoisotopic (exact) mass is 221 g/mol. The average Bonchev–Trinajstić information content (AvgIpc) is 2.24. The number of benzene rings is 1. The van der Waals surface area contributed by atoms with Gasteiger partial charge in [0.2, 0.25) is 5.91 Å². The summed E-state index contributed by atoms with van der Waals surface area (Å²) in [5.74, 6) is 0.0419. The van der Waals surface area contributed by atoms with E-state index >= 15 is 0 Å². The highest BCUT2D eigenvalue weighted by Gasteiger charge is 2.03. The van der Waals surface area contributed by atoms with E-state index in [1.54, 1.807) is 7.11 Å². The van der Waals surface area contributed by atoms with Gasteiger partial charge in [-0.15, -0.1) is 0 Å². The van der Waals surface area contributed by atoms with Crippen LogP contribution in [-0.2, 0) is 16.0 Å². The summed E-state index contributed by atoms with van der Waals surface area (Å²) in [4.78, 5) is 11.5. The largest absolute Gasteiger partial charge is 0.383 e. The van der Waals surface area contributed by atoms with E-state index in [1.807, 2.05) is 12.1 Å². The molecule has 1 amide bonds. The summed E-state index contributed by atoms with van der Waals surface area (Å²) in [5, 5.41) is 2.80. The number of nitrogens with one attached hydrogen (secondary N) is 1. The molecule has 1 rings (SSSR count). The quantitative estimate of drug-likeness (QED) is 0.767. The number of rotatable bonds is 5. The van der Waals surface area contributed by atoms with E-state index in [0.717, 1.165) is 5.56 Å². The predicted molar refractivity (Wildman–Crippen MR) is 64.5 cm³/mol. The summed E-state index contributed by atoms with van der Waals surface area (Å²) in [6.45, 7) is 5.25. The molecule has 3 heteroatoms. The van der Waals surface area contributed by atoms with Crippen LogP contribution in [0.3, 0.4) is 0 Å². The number of carbonyl (C=O) groups excluding carboxylic acids is 1. The first-order valence-electron chi connectivity index (χ1n) is 5.45. The minimum absolute atomic E-state index is 0.0419. The summed E-state index contributed by atoms with van der Waals surface area (Å²) in [6.07, 6.45) is 0.435. The average molecular weight is 221 g/mol. The Labute approximate surface area is 96.8 Å². The zero-order valence-corrected chi connectivity index (χ0v) is 10.2. The summed E-state index contributed by atoms with van der Waals surface area (Å²) < 4.78 is 4.86. The van der Waals surface area contributed by atoms with Crippen molar-refractivity contribution in [1.29, 1.82) is 0 Å². The van der Waals surface area contributed by atoms with Gasteiger partial charge in [-0.25, -0.2) is 0 Å². The Bertz CT molecular complexity index is 361. The first kappa shape index (κ1) is 12.7. The van der Waals surface area contributed by atoms with Crippen LogP contribution in [0, 0.1) is 13.8 Å². The van der Waals surface area contributed by atoms with Crippen molar-refractivity contribution in [2.45, 2.75) is 20.3 Å². The minimum Gasteiger partial charge on any atom is -0.383 e. The Morgan fingerprint density at radius 2 is 2.06 bits per heavy atom. The van der Waals surface area contributed by atoms with Crippen molar-refractivity contribution in [3.05, 3.63) is 34.9 Å². The van der Waals surface area contributed by atoms with Crippen molar-refractivity contribution in [2.75, 3.05) is 20.3 Å². The zero-order chi connectivity index (χ0) is 12.0. The van der Waals surface area contributed by atoms with Crippen LogP contribution in [-0.4, -0.2) is 26.2 Å². The molecular weight excluding hydrogens is 202 g/mol. The lowest BCUT2D eigenvalue weighted by Gasteiger charge is -2.06. The Kier molecular flexibility index (Phi) is 4.99. The van der Waals surface area contributed by atoms with E-state index in [4.69, 9.17) is 4.74 Å². The number of carbonyl (C=O) groups is 1. The third-order valence-corrected chi connectivity index (χ3v) is 2.56. The van der Waals surface area contributed by atoms with Gasteiger partial charge in [-0.1, -0.05) is 18.2 Å². The van der Waals surface area contributed by atoms with Crippen LogP contribution >= 0.6 is 0 Å². The highest BCUT2D eigenvalue weighted by Crippen LogP contribution is 2.10. The standard InChI is InChI=1S/C13H19NO2/c1-10-4-5-12(8-11(10)2)9-13(15)14-6-7-16-3/h4-5,8H,6-7,9H2,1-3H3,(H,14,15). The highest BCUT2D eigenvalue weighted by molar-refractivity contribution is 5.78. The van der Waals surface area contributed by atoms with Gasteiger partial charge >= 0.3 is 0 Å². The molecule has 0 fully saturated rings. The van der Waals surface area contributed by atoms with Gasteiger partial charge < -0.3 is 10.1 Å². The van der Waals surface area contributed by atoms with Crippen LogP contribution in [0.15, 0.2) is 18.2 Å². The van der Waals surface area contributed by atoms with E-state index in [9.17, 15) is 4.79 Å². The van der Waals surface area contributed by atoms with Crippen LogP contribution in [0.25, 0.3) is 0 Å². The number of ether oxygens (including phenoxy) is 1. The van der Waals surface area contributed by atoms with Gasteiger partial charge in [0.1, 0.15) is 0 Å². The molecule has 0 saturated heterocycles. The van der Waals surface area contributed by atoms with Crippen molar-refractivity contribution in [3.63, 3.8) is 0 Å². The molecule has 1 N–H and O–H groups in total. The van der Waals surface area contributed by atoms with Crippen molar-refractivity contribution < 1.29 is 9.53 Å². The first-order valence-corrected chi connectivity index (χ1v) is 5.45. The molecule has 0 spiro atoms. The number of amides is 1. The molecule has 3 nitrogen and oxygen atoms in total. The zero-order valence-electron chi connectivity index (χ0n) is 10.2. The van der Waals surface area contributed by atoms with Gasteiger partial charge in [0, 0.05) is 13.7 Å². The number of methoxy groups -OCH3 is 1. The van der Waals surface area contributed by atoms with E-state index in [1.165, 1.54) is 11.1 Å². The van der Waals surface area contributed by atoms with Crippen molar-refractivity contribution >= 4 is 5.91 Å². The lowest BCUT2D eigenvalue weighted by molar-refractivity contribution is -0.120. The van der Waals surface area contributed by atoms with E-state index in [0.29, 0.717) is 19.6 Å². The van der Waals surface area contributed by atoms with Gasteiger partial charge in [-0.2, -0.15) is 0 Å². The molecule has 0 aromatic heterocycles. The van der Waals surface area contributed by atoms with Crippen LogP contribution in [0.2, 0.25) is 0 Å². The fourth-order valence-corrected chi connectivity index (χ4v) is 1.45. The highest BCUT2D eigenvalue weighted by atomic mass is 16.5. The van der Waals surface area contributed by atoms with Crippen molar-refractivity contribution in [1.82, 2.24) is 5.32 Å². The molecule has 0 aliphatic rings. The fourth-order valence-electron chi connectivity index (χ4n) is 1.45. The molecule has 0 radical (unpaired) electrons. The lowest BCUT2D eigenvalue weighted by atomic mass is 10.0. The smallest absolute Gasteiger partial charge is 0.224 e. The second-order valence-corrected chi connectivity index (χ2v) is 3.94. The first-order chi connectivity index (χ1) is 7.63. The molecule has 16 heavy (non-hydrogen) atoms. The van der Waals surface area contributed by atoms with Crippen LogP contribution in [0.5, 0.6) is 0 Å². The maximum Gasteiger partial charge on any atom is 0.224 e. The Hall–Kier alpha value is -1.35. The Morgan fingerprint density at radius 1 is 1.31 bits per heavy atom. The van der Waals surface area contributed by atoms with Gasteiger partial charge in [-0.05, 0) is 30.5 Å². The SMILES string of the molecule is COCCNC(=O)Cc1ccc(C)c(C)c1. The second-order valence-electron chi connectivity index (χ2n) is 3.94. The summed E-state index contributed by atoms with van der Waals surface area (Å²) in [5.41, 5.74) is 3.53. The maximum absolute atomic E-state index is 11.5. The fraction of sp³-hybridized carbons (Fsp3) is 0.462. The molecule has 0 atom stereocenters. The third kappa shape index (κ3) is 4.03. The third-order valence-electron chi connectivity index (χ3n) is 2.56. The molecule has 0 aliphatic carbocycles. The summed E-state index contributed by atoms with van der Waals surface area (Å²) in [7, 11) is 1.62. The van der Waals surface area contributed by atoms with Gasteiger partial charge in [0.05, 0.1) is 13.0 Å². The van der Waals surface area contributed by atoms with Crippen molar-refractivity contribution in [2.24, 2.45) is 0 Å². The van der Waals surface area contributed by atoms with Crippen LogP contribution in [0.1, 0.15) is 16.7 Å². The predicted octanol–water partition coefficient (Wildman–Crippen LogP) is 1.61. The van der Waals surface area contributed by atoms with E-state index in [2.05, 4.69) is 25.2 Å². The number of hydrogen-bond donors (Lipinski definition) is 1. The summed E-state index contributed by atoms with van der Waals surface area (Å²) >= 11 is 0. The van der Waals surface area contributed by atoms with E-state index in [-0.39, 0.29) is 5.91 Å². The summed E-state index contributed by atoms with van der Waals surface area (Å²) in [6, 6.07) is 6.11. The Morgan fingerprint density at radius 3 is 2.69 bits per heavy atom.